The Bertz CT molecular complexity index is 2630. The van der Waals surface area contributed by atoms with Crippen molar-refractivity contribution in [1.82, 2.24) is 9.13 Å². The van der Waals surface area contributed by atoms with Gasteiger partial charge in [-0.3, -0.25) is 0 Å². The number of para-hydroxylation sites is 2. The van der Waals surface area contributed by atoms with E-state index in [1.54, 1.807) is 0 Å². The van der Waals surface area contributed by atoms with Gasteiger partial charge < -0.3 is 13.6 Å². The topological polar surface area (TPSA) is 23.0 Å². The van der Waals surface area contributed by atoms with Crippen LogP contribution >= 0.6 is 0 Å². The maximum absolute atomic E-state index is 6.29. The third kappa shape index (κ3) is 4.82. The Morgan fingerprint density at radius 2 is 1.38 bits per heavy atom. The summed E-state index contributed by atoms with van der Waals surface area (Å²) >= 11 is 0. The van der Waals surface area contributed by atoms with E-state index in [0.717, 1.165) is 34.0 Å². The molecule has 0 bridgehead atoms. The van der Waals surface area contributed by atoms with E-state index < -0.39 is 0 Å². The molecular weight excluding hydrogens is 585 g/mol. The minimum Gasteiger partial charge on any atom is -0.456 e. The van der Waals surface area contributed by atoms with Gasteiger partial charge in [-0.05, 0) is 92.9 Å². The molecule has 48 heavy (non-hydrogen) atoms. The molecule has 0 radical (unpaired) electrons. The lowest BCUT2D eigenvalue weighted by molar-refractivity contribution is 0.668. The Morgan fingerprint density at radius 1 is 0.667 bits per heavy atom. The maximum Gasteiger partial charge on any atom is 0.137 e. The average molecular weight is 623 g/mol. The third-order valence-electron chi connectivity index (χ3n) is 9.51. The van der Waals surface area contributed by atoms with E-state index in [4.69, 9.17) is 4.42 Å². The van der Waals surface area contributed by atoms with Crippen LogP contribution in [0.2, 0.25) is 0 Å². The number of fused-ring (bicyclic) bond motifs is 7. The molecule has 0 unspecified atom stereocenters. The van der Waals surface area contributed by atoms with Crippen LogP contribution in [0.1, 0.15) is 38.4 Å². The summed E-state index contributed by atoms with van der Waals surface area (Å²) in [6, 6.07) is 37.3. The van der Waals surface area contributed by atoms with E-state index in [1.807, 2.05) is 12.1 Å². The Labute approximate surface area is 281 Å². The molecule has 8 rings (SSSR count). The molecule has 0 atom stereocenters. The zero-order valence-corrected chi connectivity index (χ0v) is 27.9. The fourth-order valence-electron chi connectivity index (χ4n) is 7.25. The molecule has 8 aromatic rings. The standard InChI is InChI=1S/C45H38N2O/c1-5-7-9-15-30(3)46-31(4)35(16-10-8-6-2)39-27-32(21-25-42(39)46)33-22-26-43-40(28-33)36-17-11-13-19-41(36)47(43)34-23-24-38-37-18-12-14-20-44(37)48-45(38)29-34/h6-29H,5H2,1-4H3/b8-6+,9-7-,16-10-,30-15+. The summed E-state index contributed by atoms with van der Waals surface area (Å²) in [6.07, 6.45) is 16.1. The first-order valence-electron chi connectivity index (χ1n) is 16.8. The van der Waals surface area contributed by atoms with Crippen LogP contribution in [0.5, 0.6) is 0 Å². The van der Waals surface area contributed by atoms with E-state index in [2.05, 4.69) is 170 Å². The lowest BCUT2D eigenvalue weighted by Crippen LogP contribution is -1.96. The Morgan fingerprint density at radius 3 is 2.19 bits per heavy atom. The zero-order chi connectivity index (χ0) is 32.8. The zero-order valence-electron chi connectivity index (χ0n) is 27.9. The Balaban J connectivity index is 1.29. The molecular formula is C45H38N2O. The molecule has 0 aliphatic rings. The van der Waals surface area contributed by atoms with Crippen LogP contribution in [-0.2, 0) is 0 Å². The molecule has 0 saturated carbocycles. The first-order chi connectivity index (χ1) is 23.6. The number of aromatic nitrogens is 2. The molecule has 0 fully saturated rings. The first kappa shape index (κ1) is 29.6. The minimum atomic E-state index is 0.900. The Hall–Kier alpha value is -5.80. The number of furan rings is 1. The highest BCUT2D eigenvalue weighted by atomic mass is 16.3. The van der Waals surface area contributed by atoms with E-state index in [-0.39, 0.29) is 0 Å². The van der Waals surface area contributed by atoms with Gasteiger partial charge in [0.05, 0.1) is 16.6 Å². The van der Waals surface area contributed by atoms with Crippen molar-refractivity contribution in [2.24, 2.45) is 0 Å². The van der Waals surface area contributed by atoms with Crippen LogP contribution in [0.3, 0.4) is 0 Å². The van der Waals surface area contributed by atoms with Gasteiger partial charge >= 0.3 is 0 Å². The van der Waals surface area contributed by atoms with Gasteiger partial charge in [0.25, 0.3) is 0 Å². The van der Waals surface area contributed by atoms with Crippen molar-refractivity contribution in [3.63, 3.8) is 0 Å². The highest BCUT2D eigenvalue weighted by molar-refractivity contribution is 6.11. The maximum atomic E-state index is 6.29. The summed E-state index contributed by atoms with van der Waals surface area (Å²) in [7, 11) is 0. The van der Waals surface area contributed by atoms with Gasteiger partial charge in [0.15, 0.2) is 0 Å². The van der Waals surface area contributed by atoms with Gasteiger partial charge in [0, 0.05) is 55.6 Å². The van der Waals surface area contributed by atoms with Crippen LogP contribution in [-0.4, -0.2) is 9.13 Å². The summed E-state index contributed by atoms with van der Waals surface area (Å²) in [6.45, 7) is 8.63. The minimum absolute atomic E-state index is 0.900. The molecule has 0 aliphatic heterocycles. The average Bonchev–Trinajstić information content (AvgIpc) is 3.74. The smallest absolute Gasteiger partial charge is 0.137 e. The highest BCUT2D eigenvalue weighted by Gasteiger charge is 2.17. The number of hydrogen-bond acceptors (Lipinski definition) is 1. The summed E-state index contributed by atoms with van der Waals surface area (Å²) in [4.78, 5) is 0. The predicted octanol–water partition coefficient (Wildman–Crippen LogP) is 13.0. The van der Waals surface area contributed by atoms with Crippen molar-refractivity contribution in [3.8, 4) is 16.8 Å². The van der Waals surface area contributed by atoms with Crippen molar-refractivity contribution in [2.45, 2.75) is 34.1 Å². The molecule has 0 N–H and O–H groups in total. The molecule has 0 amide bonds. The van der Waals surface area contributed by atoms with E-state index >= 15 is 0 Å². The number of hydrogen-bond donors (Lipinski definition) is 0. The summed E-state index contributed by atoms with van der Waals surface area (Å²) in [5.41, 5.74) is 12.6. The second kappa shape index (κ2) is 12.1. The van der Waals surface area contributed by atoms with E-state index in [9.17, 15) is 0 Å². The van der Waals surface area contributed by atoms with Crippen molar-refractivity contribution in [2.75, 3.05) is 0 Å². The summed E-state index contributed by atoms with van der Waals surface area (Å²) in [5, 5.41) is 6.00. The number of rotatable bonds is 7. The van der Waals surface area contributed by atoms with Crippen molar-refractivity contribution in [3.05, 3.63) is 151 Å². The first-order valence-corrected chi connectivity index (χ1v) is 16.8. The Kier molecular flexibility index (Phi) is 7.46. The largest absolute Gasteiger partial charge is 0.456 e. The van der Waals surface area contributed by atoms with Crippen LogP contribution in [0.25, 0.3) is 83.2 Å². The monoisotopic (exact) mass is 622 g/mol. The molecule has 5 aromatic carbocycles. The second-order valence-electron chi connectivity index (χ2n) is 12.5. The van der Waals surface area contributed by atoms with Crippen molar-refractivity contribution < 1.29 is 4.42 Å². The quantitative estimate of drug-likeness (QED) is 0.162. The van der Waals surface area contributed by atoms with Crippen LogP contribution in [0, 0.1) is 6.92 Å². The predicted molar refractivity (Wildman–Crippen MR) is 207 cm³/mol. The highest BCUT2D eigenvalue weighted by Crippen LogP contribution is 2.39. The van der Waals surface area contributed by atoms with Gasteiger partial charge in [0.2, 0.25) is 0 Å². The van der Waals surface area contributed by atoms with Gasteiger partial charge in [-0.25, -0.2) is 0 Å². The van der Waals surface area contributed by atoms with Gasteiger partial charge in [-0.2, -0.15) is 0 Å². The van der Waals surface area contributed by atoms with Gasteiger partial charge in [0.1, 0.15) is 11.2 Å². The number of benzene rings is 5. The fraction of sp³-hybridized carbons (Fsp3) is 0.111. The fourth-order valence-corrected chi connectivity index (χ4v) is 7.25. The van der Waals surface area contributed by atoms with Gasteiger partial charge in [-0.15, -0.1) is 0 Å². The van der Waals surface area contributed by atoms with Crippen LogP contribution < -0.4 is 0 Å². The lowest BCUT2D eigenvalue weighted by atomic mass is 10.00. The van der Waals surface area contributed by atoms with E-state index in [0.29, 0.717) is 0 Å². The molecule has 3 heteroatoms. The summed E-state index contributed by atoms with van der Waals surface area (Å²) < 4.78 is 11.0. The molecule has 0 aliphatic carbocycles. The van der Waals surface area contributed by atoms with Crippen molar-refractivity contribution in [1.29, 1.82) is 0 Å². The molecule has 234 valence electrons. The normalized spacial score (nSPS) is 13.0. The van der Waals surface area contributed by atoms with Crippen LogP contribution in [0.4, 0.5) is 0 Å². The lowest BCUT2D eigenvalue weighted by Gasteiger charge is -2.10. The SMILES string of the molecule is C/C=C/C=C\c1c(C)n(/C(C)=C/C=C\CC)c2ccc(-c3ccc4c(c3)c3ccccc3n4-c3ccc4c(c3)oc3ccccc34)cc12. The molecule has 3 aromatic heterocycles. The third-order valence-corrected chi connectivity index (χ3v) is 9.51. The number of allylic oxidation sites excluding steroid dienone is 7. The molecule has 3 heterocycles. The molecule has 0 saturated heterocycles. The molecule has 0 spiro atoms. The van der Waals surface area contributed by atoms with E-state index in [1.165, 1.54) is 60.8 Å². The van der Waals surface area contributed by atoms with Gasteiger partial charge in [-0.1, -0.05) is 91.9 Å². The molecule has 3 nitrogen and oxygen atoms in total. The second-order valence-corrected chi connectivity index (χ2v) is 12.5. The van der Waals surface area contributed by atoms with Crippen molar-refractivity contribution >= 4 is 66.4 Å². The summed E-state index contributed by atoms with van der Waals surface area (Å²) in [5.74, 6) is 0. The van der Waals surface area contributed by atoms with Crippen LogP contribution in [0.15, 0.2) is 144 Å². The number of nitrogens with zero attached hydrogens (tertiary/aromatic N) is 2.